The summed E-state index contributed by atoms with van der Waals surface area (Å²) in [5.74, 6) is 1.67. The Labute approximate surface area is 186 Å². The van der Waals surface area contributed by atoms with Crippen LogP contribution in [0, 0.1) is 0 Å². The average molecular weight is 451 g/mol. The third-order valence-corrected chi connectivity index (χ3v) is 5.44. The molecular weight excluding hydrogens is 424 g/mol. The first-order valence-electron chi connectivity index (χ1n) is 9.52. The molecule has 2 aromatic carbocycles. The van der Waals surface area contributed by atoms with Gasteiger partial charge in [-0.05, 0) is 54.8 Å². The van der Waals surface area contributed by atoms with E-state index < -0.39 is 6.04 Å². The lowest BCUT2D eigenvalue weighted by Gasteiger charge is -2.25. The number of methoxy groups -OCH3 is 1. The number of likely N-dealkylation sites (N-methyl/N-ethyl adjacent to an activating group) is 1. The van der Waals surface area contributed by atoms with Gasteiger partial charge in [-0.25, -0.2) is 0 Å². The standard InChI is InChI=1S/C22H27ClN2O4S/c1-25(13-14-29-17-10-8-16(28-2)9-11-17)22(27)20(12-15-30-3)24-21(26)18-6-4-5-7-19(18)23/h4-11,20H,12-15H2,1-3H3,(H,24,26). The largest absolute Gasteiger partial charge is 0.497 e. The second kappa shape index (κ2) is 12.3. The summed E-state index contributed by atoms with van der Waals surface area (Å²) in [4.78, 5) is 27.1. The van der Waals surface area contributed by atoms with E-state index in [0.29, 0.717) is 35.9 Å². The lowest BCUT2D eigenvalue weighted by Crippen LogP contribution is -2.48. The van der Waals surface area contributed by atoms with Crippen LogP contribution in [0.3, 0.4) is 0 Å². The summed E-state index contributed by atoms with van der Waals surface area (Å²) in [6.45, 7) is 0.727. The number of nitrogens with one attached hydrogen (secondary N) is 1. The number of rotatable bonds is 11. The third kappa shape index (κ3) is 7.15. The molecule has 6 nitrogen and oxygen atoms in total. The average Bonchev–Trinajstić information content (AvgIpc) is 2.76. The predicted octanol–water partition coefficient (Wildman–Crippen LogP) is 3.74. The number of benzene rings is 2. The van der Waals surface area contributed by atoms with Gasteiger partial charge in [-0.1, -0.05) is 23.7 Å². The fourth-order valence-corrected chi connectivity index (χ4v) is 3.42. The van der Waals surface area contributed by atoms with Gasteiger partial charge in [0.05, 0.1) is 24.2 Å². The molecule has 162 valence electrons. The Balaban J connectivity index is 1.93. The van der Waals surface area contributed by atoms with Gasteiger partial charge in [0.25, 0.3) is 5.91 Å². The van der Waals surface area contributed by atoms with Gasteiger partial charge >= 0.3 is 0 Å². The number of ether oxygens (including phenoxy) is 2. The van der Waals surface area contributed by atoms with E-state index in [1.54, 1.807) is 55.1 Å². The van der Waals surface area contributed by atoms with Gasteiger partial charge < -0.3 is 19.7 Å². The Bertz CT molecular complexity index is 832. The highest BCUT2D eigenvalue weighted by atomic mass is 35.5. The molecule has 0 radical (unpaired) electrons. The number of hydrogen-bond donors (Lipinski definition) is 1. The van der Waals surface area contributed by atoms with Gasteiger partial charge in [-0.2, -0.15) is 11.8 Å². The fraction of sp³-hybridized carbons (Fsp3) is 0.364. The summed E-state index contributed by atoms with van der Waals surface area (Å²) in [6.07, 6.45) is 2.49. The van der Waals surface area contributed by atoms with E-state index in [1.807, 2.05) is 30.5 Å². The van der Waals surface area contributed by atoms with Crippen molar-refractivity contribution in [2.75, 3.05) is 39.3 Å². The molecule has 0 heterocycles. The summed E-state index contributed by atoms with van der Waals surface area (Å²) in [5, 5.41) is 3.18. The van der Waals surface area contributed by atoms with Crippen molar-refractivity contribution in [3.05, 3.63) is 59.1 Å². The van der Waals surface area contributed by atoms with E-state index in [4.69, 9.17) is 21.1 Å². The quantitative estimate of drug-likeness (QED) is 0.564. The van der Waals surface area contributed by atoms with Gasteiger partial charge in [0, 0.05) is 7.05 Å². The molecule has 0 saturated heterocycles. The SMILES string of the molecule is COc1ccc(OCCN(C)C(=O)C(CCSC)NC(=O)c2ccccc2Cl)cc1. The van der Waals surface area contributed by atoms with Crippen LogP contribution in [0.25, 0.3) is 0 Å². The molecule has 0 spiro atoms. The van der Waals surface area contributed by atoms with E-state index in [-0.39, 0.29) is 11.8 Å². The molecule has 0 saturated carbocycles. The fourth-order valence-electron chi connectivity index (χ4n) is 2.72. The minimum Gasteiger partial charge on any atom is -0.497 e. The Morgan fingerprint density at radius 2 is 1.80 bits per heavy atom. The number of nitrogens with zero attached hydrogens (tertiary/aromatic N) is 1. The zero-order valence-electron chi connectivity index (χ0n) is 17.4. The molecule has 1 unspecified atom stereocenters. The summed E-state index contributed by atoms with van der Waals surface area (Å²) in [7, 11) is 3.31. The molecule has 0 aliphatic carbocycles. The first kappa shape index (κ1) is 23.9. The Morgan fingerprint density at radius 1 is 1.13 bits per heavy atom. The molecule has 2 amide bonds. The second-order valence-electron chi connectivity index (χ2n) is 6.57. The molecule has 0 fully saturated rings. The van der Waals surface area contributed by atoms with Crippen molar-refractivity contribution in [1.29, 1.82) is 0 Å². The minimum atomic E-state index is -0.632. The van der Waals surface area contributed by atoms with Crippen molar-refractivity contribution in [1.82, 2.24) is 10.2 Å². The lowest BCUT2D eigenvalue weighted by atomic mass is 10.1. The van der Waals surface area contributed by atoms with Gasteiger partial charge in [0.15, 0.2) is 0 Å². The van der Waals surface area contributed by atoms with Crippen LogP contribution >= 0.6 is 23.4 Å². The maximum Gasteiger partial charge on any atom is 0.253 e. The van der Waals surface area contributed by atoms with E-state index in [9.17, 15) is 9.59 Å². The molecule has 0 aliphatic rings. The van der Waals surface area contributed by atoms with Crippen LogP contribution in [0.15, 0.2) is 48.5 Å². The van der Waals surface area contributed by atoms with E-state index in [0.717, 1.165) is 11.5 Å². The highest BCUT2D eigenvalue weighted by molar-refractivity contribution is 7.98. The first-order chi connectivity index (χ1) is 14.5. The topological polar surface area (TPSA) is 67.9 Å². The van der Waals surface area contributed by atoms with Crippen LogP contribution in [-0.2, 0) is 4.79 Å². The van der Waals surface area contributed by atoms with Crippen LogP contribution < -0.4 is 14.8 Å². The van der Waals surface area contributed by atoms with Crippen molar-refractivity contribution in [2.24, 2.45) is 0 Å². The van der Waals surface area contributed by atoms with E-state index >= 15 is 0 Å². The molecule has 30 heavy (non-hydrogen) atoms. The molecule has 8 heteroatoms. The Hall–Kier alpha value is -2.38. The lowest BCUT2D eigenvalue weighted by molar-refractivity contribution is -0.132. The zero-order valence-corrected chi connectivity index (χ0v) is 19.0. The summed E-state index contributed by atoms with van der Waals surface area (Å²) < 4.78 is 10.8. The van der Waals surface area contributed by atoms with Crippen LogP contribution in [0.1, 0.15) is 16.8 Å². The van der Waals surface area contributed by atoms with Crippen molar-refractivity contribution in [2.45, 2.75) is 12.5 Å². The number of halogens is 1. The number of thioether (sulfide) groups is 1. The number of carbonyl (C=O) groups excluding carboxylic acids is 2. The maximum absolute atomic E-state index is 12.9. The molecule has 1 atom stereocenters. The van der Waals surface area contributed by atoms with Gasteiger partial charge in [-0.3, -0.25) is 9.59 Å². The van der Waals surface area contributed by atoms with Crippen LogP contribution in [0.5, 0.6) is 11.5 Å². The maximum atomic E-state index is 12.9. The van der Waals surface area contributed by atoms with Crippen molar-refractivity contribution >= 4 is 35.2 Å². The molecular formula is C22H27ClN2O4S. The highest BCUT2D eigenvalue weighted by Crippen LogP contribution is 2.17. The highest BCUT2D eigenvalue weighted by Gasteiger charge is 2.24. The van der Waals surface area contributed by atoms with E-state index in [2.05, 4.69) is 5.32 Å². The van der Waals surface area contributed by atoms with Crippen LogP contribution in [0.2, 0.25) is 5.02 Å². The smallest absolute Gasteiger partial charge is 0.253 e. The molecule has 0 aliphatic heterocycles. The summed E-state index contributed by atoms with van der Waals surface area (Å²) >= 11 is 7.73. The molecule has 1 N–H and O–H groups in total. The monoisotopic (exact) mass is 450 g/mol. The predicted molar refractivity (Wildman–Crippen MR) is 122 cm³/mol. The Morgan fingerprint density at radius 3 is 2.43 bits per heavy atom. The minimum absolute atomic E-state index is 0.164. The summed E-state index contributed by atoms with van der Waals surface area (Å²) in [6, 6.07) is 13.4. The molecule has 2 aromatic rings. The van der Waals surface area contributed by atoms with Crippen molar-refractivity contribution < 1.29 is 19.1 Å². The normalized spacial score (nSPS) is 11.5. The number of hydrogen-bond acceptors (Lipinski definition) is 5. The Kier molecular flexibility index (Phi) is 9.83. The van der Waals surface area contributed by atoms with Gasteiger partial charge in [-0.15, -0.1) is 0 Å². The third-order valence-electron chi connectivity index (χ3n) is 4.46. The van der Waals surface area contributed by atoms with E-state index in [1.165, 1.54) is 0 Å². The van der Waals surface area contributed by atoms with Gasteiger partial charge in [0.2, 0.25) is 5.91 Å². The first-order valence-corrected chi connectivity index (χ1v) is 11.3. The number of amides is 2. The molecule has 0 aromatic heterocycles. The van der Waals surface area contributed by atoms with Crippen molar-refractivity contribution in [3.8, 4) is 11.5 Å². The molecule has 0 bridgehead atoms. The van der Waals surface area contributed by atoms with Crippen LogP contribution in [-0.4, -0.2) is 62.1 Å². The van der Waals surface area contributed by atoms with Crippen molar-refractivity contribution in [3.63, 3.8) is 0 Å². The number of carbonyl (C=O) groups is 2. The summed E-state index contributed by atoms with van der Waals surface area (Å²) in [5.41, 5.74) is 0.353. The second-order valence-corrected chi connectivity index (χ2v) is 7.96. The van der Waals surface area contributed by atoms with Crippen LogP contribution in [0.4, 0.5) is 0 Å². The molecule has 2 rings (SSSR count). The zero-order chi connectivity index (χ0) is 21.9. The van der Waals surface area contributed by atoms with Gasteiger partial charge in [0.1, 0.15) is 24.1 Å².